The van der Waals surface area contributed by atoms with Crippen LogP contribution < -0.4 is 0 Å². The van der Waals surface area contributed by atoms with Gasteiger partial charge < -0.3 is 9.84 Å². The summed E-state index contributed by atoms with van der Waals surface area (Å²) in [6, 6.07) is 5.52. The number of hydrogen-bond donors (Lipinski definition) is 1. The van der Waals surface area contributed by atoms with Crippen molar-refractivity contribution >= 4 is 0 Å². The van der Waals surface area contributed by atoms with E-state index >= 15 is 0 Å². The molecule has 2 aliphatic rings. The molecule has 0 bridgehead atoms. The SMILES string of the molecule is OC[C@@H]1CN(Cc2cccc(C(F)(F)F)c2)C[C@@H]1CN1CCOCC1. The molecule has 3 rings (SSSR count). The fraction of sp³-hybridized carbons (Fsp3) is 0.667. The van der Waals surface area contributed by atoms with Gasteiger partial charge >= 0.3 is 6.18 Å². The topological polar surface area (TPSA) is 35.9 Å². The Hall–Kier alpha value is -1.15. The number of likely N-dealkylation sites (tertiary alicyclic amines) is 1. The van der Waals surface area contributed by atoms with E-state index in [2.05, 4.69) is 9.80 Å². The number of ether oxygens (including phenoxy) is 1. The van der Waals surface area contributed by atoms with E-state index in [9.17, 15) is 18.3 Å². The molecule has 7 heteroatoms. The number of benzene rings is 1. The minimum Gasteiger partial charge on any atom is -0.396 e. The van der Waals surface area contributed by atoms with Gasteiger partial charge in [-0.15, -0.1) is 0 Å². The smallest absolute Gasteiger partial charge is 0.396 e. The van der Waals surface area contributed by atoms with E-state index in [1.807, 2.05) is 0 Å². The standard InChI is InChI=1S/C18H25F3N2O2/c19-18(20,21)17-3-1-2-14(8-17)9-23-11-15(16(12-23)13-24)10-22-4-6-25-7-5-22/h1-3,8,15-16,24H,4-7,9-13H2/t15-,16-/m0/s1. The summed E-state index contributed by atoms with van der Waals surface area (Å²) in [5.74, 6) is 0.516. The number of aliphatic hydroxyl groups is 1. The van der Waals surface area contributed by atoms with Crippen molar-refractivity contribution in [2.45, 2.75) is 12.7 Å². The monoisotopic (exact) mass is 358 g/mol. The highest BCUT2D eigenvalue weighted by molar-refractivity contribution is 5.25. The number of rotatable bonds is 5. The summed E-state index contributed by atoms with van der Waals surface area (Å²) >= 11 is 0. The van der Waals surface area contributed by atoms with Crippen molar-refractivity contribution in [2.75, 3.05) is 52.5 Å². The highest BCUT2D eigenvalue weighted by Gasteiger charge is 2.34. The van der Waals surface area contributed by atoms with Gasteiger partial charge in [0.05, 0.1) is 18.8 Å². The van der Waals surface area contributed by atoms with Crippen molar-refractivity contribution in [2.24, 2.45) is 11.8 Å². The van der Waals surface area contributed by atoms with Crippen LogP contribution in [0, 0.1) is 11.8 Å². The molecule has 0 radical (unpaired) electrons. The highest BCUT2D eigenvalue weighted by atomic mass is 19.4. The summed E-state index contributed by atoms with van der Waals surface area (Å²) in [5, 5.41) is 9.68. The molecule has 0 aliphatic carbocycles. The van der Waals surface area contributed by atoms with Crippen LogP contribution in [-0.2, 0) is 17.5 Å². The number of morpholine rings is 1. The molecule has 4 nitrogen and oxygen atoms in total. The molecular formula is C18H25F3N2O2. The predicted molar refractivity (Wildman–Crippen MR) is 88.0 cm³/mol. The van der Waals surface area contributed by atoms with E-state index in [4.69, 9.17) is 4.74 Å². The van der Waals surface area contributed by atoms with Gasteiger partial charge in [0.15, 0.2) is 0 Å². The van der Waals surface area contributed by atoms with Crippen molar-refractivity contribution in [3.63, 3.8) is 0 Å². The average molecular weight is 358 g/mol. The highest BCUT2D eigenvalue weighted by Crippen LogP contribution is 2.31. The van der Waals surface area contributed by atoms with E-state index in [0.717, 1.165) is 52.0 Å². The summed E-state index contributed by atoms with van der Waals surface area (Å²) in [7, 11) is 0. The molecule has 0 spiro atoms. The van der Waals surface area contributed by atoms with Gasteiger partial charge in [0, 0.05) is 45.9 Å². The van der Waals surface area contributed by atoms with Gasteiger partial charge in [-0.2, -0.15) is 13.2 Å². The zero-order valence-corrected chi connectivity index (χ0v) is 14.2. The summed E-state index contributed by atoms with van der Waals surface area (Å²) in [5.41, 5.74) is 0.0614. The Morgan fingerprint density at radius 2 is 1.80 bits per heavy atom. The number of hydrogen-bond acceptors (Lipinski definition) is 4. The van der Waals surface area contributed by atoms with Crippen LogP contribution in [-0.4, -0.2) is 67.5 Å². The normalized spacial score (nSPS) is 26.2. The third kappa shape index (κ3) is 4.94. The lowest BCUT2D eigenvalue weighted by atomic mass is 9.96. The fourth-order valence-corrected chi connectivity index (χ4v) is 3.80. The van der Waals surface area contributed by atoms with Crippen LogP contribution in [0.4, 0.5) is 13.2 Å². The molecule has 0 aromatic heterocycles. The first kappa shape index (κ1) is 18.6. The van der Waals surface area contributed by atoms with Crippen molar-refractivity contribution in [3.05, 3.63) is 35.4 Å². The van der Waals surface area contributed by atoms with E-state index in [0.29, 0.717) is 18.0 Å². The summed E-state index contributed by atoms with van der Waals surface area (Å²) in [6.07, 6.45) is -4.31. The Bertz CT molecular complexity index is 561. The van der Waals surface area contributed by atoms with Crippen LogP contribution in [0.25, 0.3) is 0 Å². The third-order valence-electron chi connectivity index (χ3n) is 5.14. The minimum absolute atomic E-state index is 0.119. The first-order valence-electron chi connectivity index (χ1n) is 8.75. The third-order valence-corrected chi connectivity index (χ3v) is 5.14. The maximum Gasteiger partial charge on any atom is 0.416 e. The molecule has 2 heterocycles. The molecule has 1 aromatic rings. The lowest BCUT2D eigenvalue weighted by Crippen LogP contribution is -2.41. The van der Waals surface area contributed by atoms with Crippen molar-refractivity contribution in [1.29, 1.82) is 0 Å². The Morgan fingerprint density at radius 1 is 1.08 bits per heavy atom. The molecule has 140 valence electrons. The van der Waals surface area contributed by atoms with Crippen LogP contribution >= 0.6 is 0 Å². The molecule has 0 unspecified atom stereocenters. The maximum atomic E-state index is 12.9. The van der Waals surface area contributed by atoms with Gasteiger partial charge in [0.25, 0.3) is 0 Å². The second kappa shape index (κ2) is 8.03. The Morgan fingerprint density at radius 3 is 2.48 bits per heavy atom. The number of nitrogens with zero attached hydrogens (tertiary/aromatic N) is 2. The molecule has 2 fully saturated rings. The van der Waals surface area contributed by atoms with Crippen LogP contribution in [0.2, 0.25) is 0 Å². The van der Waals surface area contributed by atoms with Crippen LogP contribution in [0.1, 0.15) is 11.1 Å². The predicted octanol–water partition coefficient (Wildman–Crippen LogP) is 2.08. The minimum atomic E-state index is -4.31. The molecule has 1 N–H and O–H groups in total. The van der Waals surface area contributed by atoms with Crippen molar-refractivity contribution in [3.8, 4) is 0 Å². The largest absolute Gasteiger partial charge is 0.416 e. The Kier molecular flexibility index (Phi) is 5.99. The Labute approximate surface area is 146 Å². The van der Waals surface area contributed by atoms with Crippen LogP contribution in [0.15, 0.2) is 24.3 Å². The van der Waals surface area contributed by atoms with E-state index < -0.39 is 11.7 Å². The van der Waals surface area contributed by atoms with Crippen LogP contribution in [0.5, 0.6) is 0 Å². The van der Waals surface area contributed by atoms with Crippen molar-refractivity contribution in [1.82, 2.24) is 9.80 Å². The first-order valence-corrected chi connectivity index (χ1v) is 8.75. The number of alkyl halides is 3. The fourth-order valence-electron chi connectivity index (χ4n) is 3.80. The second-order valence-corrected chi connectivity index (χ2v) is 7.01. The molecule has 0 amide bonds. The molecular weight excluding hydrogens is 333 g/mol. The lowest BCUT2D eigenvalue weighted by Gasteiger charge is -2.30. The average Bonchev–Trinajstić information content (AvgIpc) is 2.96. The zero-order valence-electron chi connectivity index (χ0n) is 14.2. The van der Waals surface area contributed by atoms with Crippen LogP contribution in [0.3, 0.4) is 0 Å². The molecule has 2 atom stereocenters. The zero-order chi connectivity index (χ0) is 17.9. The summed E-state index contributed by atoms with van der Waals surface area (Å²) in [6.45, 7) is 6.34. The lowest BCUT2D eigenvalue weighted by molar-refractivity contribution is -0.137. The quantitative estimate of drug-likeness (QED) is 0.874. The Balaban J connectivity index is 1.60. The number of aliphatic hydroxyl groups excluding tert-OH is 1. The number of halogens is 3. The van der Waals surface area contributed by atoms with Gasteiger partial charge in [-0.1, -0.05) is 18.2 Å². The van der Waals surface area contributed by atoms with Gasteiger partial charge in [-0.25, -0.2) is 0 Å². The molecule has 25 heavy (non-hydrogen) atoms. The molecule has 0 saturated carbocycles. The first-order chi connectivity index (χ1) is 12.0. The molecule has 1 aromatic carbocycles. The van der Waals surface area contributed by atoms with E-state index in [-0.39, 0.29) is 12.5 Å². The summed E-state index contributed by atoms with van der Waals surface area (Å²) in [4.78, 5) is 4.51. The van der Waals surface area contributed by atoms with Gasteiger partial charge in [-0.3, -0.25) is 9.80 Å². The molecule has 2 saturated heterocycles. The van der Waals surface area contributed by atoms with Gasteiger partial charge in [-0.05, 0) is 23.5 Å². The van der Waals surface area contributed by atoms with Gasteiger partial charge in [0.2, 0.25) is 0 Å². The second-order valence-electron chi connectivity index (χ2n) is 7.01. The van der Waals surface area contributed by atoms with E-state index in [1.165, 1.54) is 12.1 Å². The van der Waals surface area contributed by atoms with Gasteiger partial charge in [0.1, 0.15) is 0 Å². The maximum absolute atomic E-state index is 12.9. The van der Waals surface area contributed by atoms with E-state index in [1.54, 1.807) is 6.07 Å². The van der Waals surface area contributed by atoms with Crippen molar-refractivity contribution < 1.29 is 23.0 Å². The summed E-state index contributed by atoms with van der Waals surface area (Å²) < 4.78 is 43.9. The molecule has 2 aliphatic heterocycles.